The van der Waals surface area contributed by atoms with Gasteiger partial charge in [0, 0.05) is 0 Å². The van der Waals surface area contributed by atoms with Gasteiger partial charge in [0.15, 0.2) is 0 Å². The summed E-state index contributed by atoms with van der Waals surface area (Å²) >= 11 is 0. The standard InChI is InChI=1S/C16H13BN2O2/c1-11-7-15(5-3-13(11)9-18)20-17-21-16-6-4-14(10-19)12(2)8-16/h3-8,17H,1-2H3. The molecule has 2 aromatic carbocycles. The number of rotatable bonds is 4. The van der Waals surface area contributed by atoms with Crippen LogP contribution in [-0.4, -0.2) is 7.69 Å². The van der Waals surface area contributed by atoms with Gasteiger partial charge in [-0.1, -0.05) is 0 Å². The third kappa shape index (κ3) is 3.55. The first kappa shape index (κ1) is 14.5. The minimum Gasteiger partial charge on any atom is -0.529 e. The topological polar surface area (TPSA) is 66.0 Å². The van der Waals surface area contributed by atoms with E-state index in [1.54, 1.807) is 36.4 Å². The Labute approximate surface area is 124 Å². The highest BCUT2D eigenvalue weighted by Crippen LogP contribution is 2.18. The normalized spacial score (nSPS) is 9.33. The Morgan fingerprint density at radius 2 is 1.24 bits per heavy atom. The molecule has 0 spiro atoms. The zero-order chi connectivity index (χ0) is 15.2. The molecule has 4 nitrogen and oxygen atoms in total. The summed E-state index contributed by atoms with van der Waals surface area (Å²) in [6.45, 7) is 3.71. The van der Waals surface area contributed by atoms with Gasteiger partial charge in [-0.05, 0) is 61.4 Å². The van der Waals surface area contributed by atoms with Crippen molar-refractivity contribution >= 4 is 7.69 Å². The summed E-state index contributed by atoms with van der Waals surface area (Å²) in [7, 11) is 0.0662. The number of nitriles is 2. The van der Waals surface area contributed by atoms with Crippen molar-refractivity contribution in [2.45, 2.75) is 13.8 Å². The van der Waals surface area contributed by atoms with Crippen LogP contribution < -0.4 is 9.31 Å². The molecule has 5 heteroatoms. The highest BCUT2D eigenvalue weighted by atomic mass is 16.6. The molecule has 102 valence electrons. The van der Waals surface area contributed by atoms with Crippen LogP contribution in [0.2, 0.25) is 0 Å². The van der Waals surface area contributed by atoms with E-state index in [-0.39, 0.29) is 7.69 Å². The summed E-state index contributed by atoms with van der Waals surface area (Å²) in [6, 6.07) is 14.7. The van der Waals surface area contributed by atoms with Crippen LogP contribution in [0.5, 0.6) is 11.5 Å². The predicted octanol–water partition coefficient (Wildman–Crippen LogP) is 2.77. The molecule has 0 amide bonds. The molecule has 0 saturated heterocycles. The zero-order valence-corrected chi connectivity index (χ0v) is 11.9. The Morgan fingerprint density at radius 1 is 0.810 bits per heavy atom. The van der Waals surface area contributed by atoms with Gasteiger partial charge in [-0.15, -0.1) is 0 Å². The Morgan fingerprint density at radius 3 is 1.57 bits per heavy atom. The fraction of sp³-hybridized carbons (Fsp3) is 0.125. The monoisotopic (exact) mass is 276 g/mol. The highest BCUT2D eigenvalue weighted by molar-refractivity contribution is 6.20. The maximum absolute atomic E-state index is 8.86. The van der Waals surface area contributed by atoms with Gasteiger partial charge >= 0.3 is 7.69 Å². The fourth-order valence-electron chi connectivity index (χ4n) is 1.87. The highest BCUT2D eigenvalue weighted by Gasteiger charge is 2.04. The molecular formula is C16H13BN2O2. The number of hydrogen-bond donors (Lipinski definition) is 0. The second-order valence-corrected chi connectivity index (χ2v) is 4.58. The van der Waals surface area contributed by atoms with Crippen LogP contribution in [0.25, 0.3) is 0 Å². The first-order valence-electron chi connectivity index (χ1n) is 6.41. The van der Waals surface area contributed by atoms with Crippen molar-refractivity contribution in [1.29, 1.82) is 10.5 Å². The van der Waals surface area contributed by atoms with Gasteiger partial charge in [-0.3, -0.25) is 0 Å². The van der Waals surface area contributed by atoms with Crippen LogP contribution in [0.1, 0.15) is 22.3 Å². The van der Waals surface area contributed by atoms with Gasteiger partial charge < -0.3 is 9.31 Å². The lowest BCUT2D eigenvalue weighted by molar-refractivity contribution is 0.458. The Balaban J connectivity index is 1.96. The third-order valence-electron chi connectivity index (χ3n) is 3.09. The maximum Gasteiger partial charge on any atom is 0.576 e. The van der Waals surface area contributed by atoms with E-state index in [9.17, 15) is 0 Å². The predicted molar refractivity (Wildman–Crippen MR) is 80.2 cm³/mol. The Bertz CT molecular complexity index is 681. The van der Waals surface area contributed by atoms with Crippen molar-refractivity contribution in [3.8, 4) is 23.6 Å². The van der Waals surface area contributed by atoms with E-state index in [2.05, 4.69) is 12.1 Å². The van der Waals surface area contributed by atoms with Gasteiger partial charge in [0.05, 0.1) is 23.3 Å². The zero-order valence-electron chi connectivity index (χ0n) is 11.9. The summed E-state index contributed by atoms with van der Waals surface area (Å²) in [4.78, 5) is 0. The van der Waals surface area contributed by atoms with E-state index in [1.807, 2.05) is 13.8 Å². The molecule has 0 aliphatic heterocycles. The molecule has 0 aromatic heterocycles. The smallest absolute Gasteiger partial charge is 0.529 e. The Hall–Kier alpha value is -2.92. The van der Waals surface area contributed by atoms with Gasteiger partial charge in [0.25, 0.3) is 0 Å². The minimum atomic E-state index is 0.0662. The lowest BCUT2D eigenvalue weighted by atomic mass is 10.1. The van der Waals surface area contributed by atoms with E-state index in [4.69, 9.17) is 19.8 Å². The molecule has 2 rings (SSSR count). The van der Waals surface area contributed by atoms with Crippen LogP contribution in [0.4, 0.5) is 0 Å². The summed E-state index contributed by atoms with van der Waals surface area (Å²) in [5.41, 5.74) is 2.99. The molecular weight excluding hydrogens is 263 g/mol. The molecule has 0 atom stereocenters. The lowest BCUT2D eigenvalue weighted by Gasteiger charge is -2.09. The van der Waals surface area contributed by atoms with E-state index < -0.39 is 0 Å². The third-order valence-corrected chi connectivity index (χ3v) is 3.09. The minimum absolute atomic E-state index is 0.0662. The number of nitrogens with zero attached hydrogens (tertiary/aromatic N) is 2. The van der Waals surface area contributed by atoms with Gasteiger partial charge in [-0.2, -0.15) is 10.5 Å². The molecule has 0 aliphatic carbocycles. The first-order valence-corrected chi connectivity index (χ1v) is 6.41. The summed E-state index contributed by atoms with van der Waals surface area (Å²) in [6.07, 6.45) is 0. The molecule has 0 N–H and O–H groups in total. The van der Waals surface area contributed by atoms with Crippen molar-refractivity contribution in [3.05, 3.63) is 58.7 Å². The first-order chi connectivity index (χ1) is 10.1. The molecule has 0 bridgehead atoms. The second-order valence-electron chi connectivity index (χ2n) is 4.58. The van der Waals surface area contributed by atoms with Gasteiger partial charge in [0.2, 0.25) is 0 Å². The quantitative estimate of drug-likeness (QED) is 0.805. The number of aryl methyl sites for hydroxylation is 2. The molecule has 0 radical (unpaired) electrons. The maximum atomic E-state index is 8.86. The van der Waals surface area contributed by atoms with E-state index in [0.717, 1.165) is 11.1 Å². The number of hydrogen-bond acceptors (Lipinski definition) is 4. The van der Waals surface area contributed by atoms with Crippen molar-refractivity contribution in [2.75, 3.05) is 0 Å². The van der Waals surface area contributed by atoms with Crippen molar-refractivity contribution in [1.82, 2.24) is 0 Å². The lowest BCUT2D eigenvalue weighted by Crippen LogP contribution is -2.11. The fourth-order valence-corrected chi connectivity index (χ4v) is 1.87. The van der Waals surface area contributed by atoms with Crippen LogP contribution >= 0.6 is 0 Å². The summed E-state index contributed by atoms with van der Waals surface area (Å²) in [5.74, 6) is 1.30. The molecule has 0 saturated carbocycles. The average Bonchev–Trinajstić information content (AvgIpc) is 2.48. The van der Waals surface area contributed by atoms with E-state index >= 15 is 0 Å². The van der Waals surface area contributed by atoms with Crippen molar-refractivity contribution in [3.63, 3.8) is 0 Å². The van der Waals surface area contributed by atoms with E-state index in [1.165, 1.54) is 0 Å². The van der Waals surface area contributed by atoms with Crippen LogP contribution in [0, 0.1) is 36.5 Å². The van der Waals surface area contributed by atoms with E-state index in [0.29, 0.717) is 22.6 Å². The van der Waals surface area contributed by atoms with Crippen LogP contribution in [0.3, 0.4) is 0 Å². The molecule has 0 fully saturated rings. The number of benzene rings is 2. The molecule has 2 aromatic rings. The Kier molecular flexibility index (Phi) is 4.48. The molecule has 0 unspecified atom stereocenters. The average molecular weight is 276 g/mol. The molecule has 0 aliphatic rings. The second kappa shape index (κ2) is 6.50. The van der Waals surface area contributed by atoms with Crippen LogP contribution in [-0.2, 0) is 0 Å². The summed E-state index contributed by atoms with van der Waals surface area (Å²) in [5, 5.41) is 17.7. The van der Waals surface area contributed by atoms with Gasteiger partial charge in [-0.25, -0.2) is 0 Å². The van der Waals surface area contributed by atoms with Gasteiger partial charge in [0.1, 0.15) is 11.5 Å². The molecule has 0 heterocycles. The summed E-state index contributed by atoms with van der Waals surface area (Å²) < 4.78 is 11.0. The van der Waals surface area contributed by atoms with Crippen molar-refractivity contribution in [2.24, 2.45) is 0 Å². The van der Waals surface area contributed by atoms with Crippen molar-refractivity contribution < 1.29 is 9.31 Å². The largest absolute Gasteiger partial charge is 0.576 e. The van der Waals surface area contributed by atoms with Crippen LogP contribution in [0.15, 0.2) is 36.4 Å². The molecule has 21 heavy (non-hydrogen) atoms. The SMILES string of the molecule is Cc1cc(OBOc2ccc(C#N)c(C)c2)ccc1C#N.